The second kappa shape index (κ2) is 9.87. The van der Waals surface area contributed by atoms with E-state index in [1.54, 1.807) is 23.2 Å². The van der Waals surface area contributed by atoms with E-state index in [0.29, 0.717) is 18.9 Å². The molecule has 0 aliphatic carbocycles. The number of rotatable bonds is 8. The van der Waals surface area contributed by atoms with Crippen LogP contribution in [0, 0.1) is 5.82 Å². The Morgan fingerprint density at radius 1 is 1.10 bits per heavy atom. The van der Waals surface area contributed by atoms with Crippen LogP contribution in [0.15, 0.2) is 54.7 Å². The van der Waals surface area contributed by atoms with E-state index in [0.717, 1.165) is 24.0 Å². The fourth-order valence-electron chi connectivity index (χ4n) is 3.34. The van der Waals surface area contributed by atoms with Gasteiger partial charge < -0.3 is 15.0 Å². The van der Waals surface area contributed by atoms with Gasteiger partial charge in [-0.25, -0.2) is 4.39 Å². The Labute approximate surface area is 170 Å². The van der Waals surface area contributed by atoms with Gasteiger partial charge in [0.05, 0.1) is 19.1 Å². The molecule has 29 heavy (non-hydrogen) atoms. The van der Waals surface area contributed by atoms with Crippen molar-refractivity contribution in [1.29, 1.82) is 0 Å². The van der Waals surface area contributed by atoms with E-state index in [9.17, 15) is 14.0 Å². The van der Waals surface area contributed by atoms with E-state index in [2.05, 4.69) is 5.32 Å². The second-order valence-corrected chi connectivity index (χ2v) is 6.95. The fraction of sp³-hybridized carbons (Fsp3) is 0.304. The molecular weight excluding hydrogens is 371 g/mol. The molecule has 152 valence electrons. The van der Waals surface area contributed by atoms with Gasteiger partial charge in [-0.1, -0.05) is 24.3 Å². The predicted molar refractivity (Wildman–Crippen MR) is 109 cm³/mol. The number of carbonyl (C=O) groups excluding carboxylic acids is 2. The molecule has 2 aromatic rings. The quantitative estimate of drug-likeness (QED) is 0.685. The molecular formula is C23H25FN2O3. The molecule has 3 rings (SSSR count). The van der Waals surface area contributed by atoms with Crippen LogP contribution in [0.2, 0.25) is 0 Å². The molecule has 5 nitrogen and oxygen atoms in total. The molecule has 0 radical (unpaired) electrons. The number of fused-ring (bicyclic) bond motifs is 1. The van der Waals surface area contributed by atoms with Crippen LogP contribution in [0.1, 0.15) is 43.4 Å². The molecule has 1 N–H and O–H groups in total. The average Bonchev–Trinajstić information content (AvgIpc) is 2.72. The SMILES string of the molecule is CC(=O)N1C=Cc2ccccc2C1CC(=O)NCCCCOc1ccc(F)cc1. The lowest BCUT2D eigenvalue weighted by Gasteiger charge is -2.32. The van der Waals surface area contributed by atoms with E-state index in [1.165, 1.54) is 19.1 Å². The first-order chi connectivity index (χ1) is 14.0. The van der Waals surface area contributed by atoms with Crippen molar-refractivity contribution in [3.05, 3.63) is 71.7 Å². The summed E-state index contributed by atoms with van der Waals surface area (Å²) in [4.78, 5) is 26.0. The van der Waals surface area contributed by atoms with E-state index < -0.39 is 0 Å². The Bertz CT molecular complexity index is 880. The van der Waals surface area contributed by atoms with Gasteiger partial charge in [0.2, 0.25) is 11.8 Å². The molecule has 1 aliphatic rings. The van der Waals surface area contributed by atoms with E-state index in [-0.39, 0.29) is 30.1 Å². The Kier molecular flexibility index (Phi) is 7.00. The largest absolute Gasteiger partial charge is 0.494 e. The smallest absolute Gasteiger partial charge is 0.223 e. The zero-order valence-corrected chi connectivity index (χ0v) is 16.4. The molecule has 0 spiro atoms. The van der Waals surface area contributed by atoms with Crippen LogP contribution in [0.3, 0.4) is 0 Å². The highest BCUT2D eigenvalue weighted by Gasteiger charge is 2.27. The van der Waals surface area contributed by atoms with Crippen LogP contribution in [0.4, 0.5) is 4.39 Å². The monoisotopic (exact) mass is 396 g/mol. The Balaban J connectivity index is 1.43. The summed E-state index contributed by atoms with van der Waals surface area (Å²) < 4.78 is 18.4. The van der Waals surface area contributed by atoms with Gasteiger partial charge in [-0.3, -0.25) is 9.59 Å². The molecule has 0 fully saturated rings. The summed E-state index contributed by atoms with van der Waals surface area (Å²) in [5.41, 5.74) is 2.01. The lowest BCUT2D eigenvalue weighted by molar-refractivity contribution is -0.129. The molecule has 1 atom stereocenters. The van der Waals surface area contributed by atoms with E-state index in [4.69, 9.17) is 4.74 Å². The van der Waals surface area contributed by atoms with Crippen molar-refractivity contribution in [2.24, 2.45) is 0 Å². The van der Waals surface area contributed by atoms with Crippen molar-refractivity contribution in [3.8, 4) is 5.75 Å². The fourth-order valence-corrected chi connectivity index (χ4v) is 3.34. The Morgan fingerprint density at radius 3 is 2.62 bits per heavy atom. The van der Waals surface area contributed by atoms with Gasteiger partial charge in [-0.15, -0.1) is 0 Å². The molecule has 0 bridgehead atoms. The lowest BCUT2D eigenvalue weighted by Crippen LogP contribution is -2.35. The summed E-state index contributed by atoms with van der Waals surface area (Å²) >= 11 is 0. The molecule has 1 unspecified atom stereocenters. The molecule has 0 saturated heterocycles. The van der Waals surface area contributed by atoms with Gasteiger partial charge >= 0.3 is 0 Å². The van der Waals surface area contributed by atoms with Gasteiger partial charge in [0.25, 0.3) is 0 Å². The van der Waals surface area contributed by atoms with Crippen molar-refractivity contribution >= 4 is 17.9 Å². The van der Waals surface area contributed by atoms with Crippen LogP contribution in [-0.4, -0.2) is 29.9 Å². The molecule has 1 heterocycles. The summed E-state index contributed by atoms with van der Waals surface area (Å²) in [5, 5.41) is 2.92. The molecule has 0 aromatic heterocycles. The van der Waals surface area contributed by atoms with Crippen LogP contribution in [-0.2, 0) is 9.59 Å². The Morgan fingerprint density at radius 2 is 1.86 bits per heavy atom. The first-order valence-electron chi connectivity index (χ1n) is 9.75. The maximum Gasteiger partial charge on any atom is 0.223 e. The zero-order valence-electron chi connectivity index (χ0n) is 16.4. The van der Waals surface area contributed by atoms with E-state index in [1.807, 2.05) is 30.3 Å². The first kappa shape index (κ1) is 20.6. The first-order valence-corrected chi connectivity index (χ1v) is 9.75. The van der Waals surface area contributed by atoms with Crippen LogP contribution < -0.4 is 10.1 Å². The van der Waals surface area contributed by atoms with Gasteiger partial charge in [-0.2, -0.15) is 0 Å². The third-order valence-corrected chi connectivity index (χ3v) is 4.82. The topological polar surface area (TPSA) is 58.6 Å². The number of hydrogen-bond acceptors (Lipinski definition) is 3. The Hall–Kier alpha value is -3.15. The maximum absolute atomic E-state index is 12.8. The number of amides is 2. The van der Waals surface area contributed by atoms with Crippen LogP contribution in [0.25, 0.3) is 6.08 Å². The van der Waals surface area contributed by atoms with Crippen LogP contribution >= 0.6 is 0 Å². The summed E-state index contributed by atoms with van der Waals surface area (Å²) in [5.74, 6) is 0.153. The minimum atomic E-state index is -0.296. The maximum atomic E-state index is 12.8. The van der Waals surface area contributed by atoms with E-state index >= 15 is 0 Å². The minimum absolute atomic E-state index is 0.0912. The standard InChI is InChI=1S/C23H25FN2O3/c1-17(27)26-14-12-18-6-2-3-7-21(18)22(26)16-23(28)25-13-4-5-15-29-20-10-8-19(24)9-11-20/h2-3,6-12,14,22H,4-5,13,15-16H2,1H3,(H,25,28). The lowest BCUT2D eigenvalue weighted by atomic mass is 9.93. The molecule has 0 saturated carbocycles. The third kappa shape index (κ3) is 5.67. The van der Waals surface area contributed by atoms with Crippen molar-refractivity contribution < 1.29 is 18.7 Å². The number of carbonyl (C=O) groups is 2. The summed E-state index contributed by atoms with van der Waals surface area (Å²) in [6, 6.07) is 13.4. The number of nitrogens with one attached hydrogen (secondary N) is 1. The van der Waals surface area contributed by atoms with Gasteiger partial charge in [-0.05, 0) is 54.3 Å². The molecule has 6 heteroatoms. The number of benzene rings is 2. The van der Waals surface area contributed by atoms with Gasteiger partial charge in [0.15, 0.2) is 0 Å². The van der Waals surface area contributed by atoms with Gasteiger partial charge in [0.1, 0.15) is 11.6 Å². The normalized spacial score (nSPS) is 15.0. The highest BCUT2D eigenvalue weighted by molar-refractivity contribution is 5.81. The number of unbranched alkanes of at least 4 members (excludes halogenated alkanes) is 1. The highest BCUT2D eigenvalue weighted by Crippen LogP contribution is 2.32. The number of halogens is 1. The highest BCUT2D eigenvalue weighted by atomic mass is 19.1. The van der Waals surface area contributed by atoms with Crippen molar-refractivity contribution in [1.82, 2.24) is 10.2 Å². The second-order valence-electron chi connectivity index (χ2n) is 6.95. The summed E-state index contributed by atoms with van der Waals surface area (Å²) in [7, 11) is 0. The van der Waals surface area contributed by atoms with Crippen LogP contribution in [0.5, 0.6) is 5.75 Å². The molecule has 2 amide bonds. The summed E-state index contributed by atoms with van der Waals surface area (Å²) in [6.07, 6.45) is 5.39. The minimum Gasteiger partial charge on any atom is -0.494 e. The molecule has 1 aliphatic heterocycles. The number of ether oxygens (including phenoxy) is 1. The van der Waals surface area contributed by atoms with Crippen molar-refractivity contribution in [3.63, 3.8) is 0 Å². The number of nitrogens with zero attached hydrogens (tertiary/aromatic N) is 1. The predicted octanol–water partition coefficient (Wildman–Crippen LogP) is 4.07. The summed E-state index contributed by atoms with van der Waals surface area (Å²) in [6.45, 7) is 2.54. The van der Waals surface area contributed by atoms with Crippen molar-refractivity contribution in [2.75, 3.05) is 13.2 Å². The van der Waals surface area contributed by atoms with Crippen molar-refractivity contribution in [2.45, 2.75) is 32.2 Å². The van der Waals surface area contributed by atoms with Gasteiger partial charge in [0, 0.05) is 19.7 Å². The third-order valence-electron chi connectivity index (χ3n) is 4.82. The average molecular weight is 396 g/mol. The number of hydrogen-bond donors (Lipinski definition) is 1. The zero-order chi connectivity index (χ0) is 20.6. The molecule has 2 aromatic carbocycles.